The molecule has 0 aliphatic carbocycles. The van der Waals surface area contributed by atoms with Gasteiger partial charge < -0.3 is 5.32 Å². The first-order chi connectivity index (χ1) is 10.1. The Hall–Kier alpha value is -0.900. The highest BCUT2D eigenvalue weighted by molar-refractivity contribution is 9.10. The minimum Gasteiger partial charge on any atom is -0.314 e. The van der Waals surface area contributed by atoms with Gasteiger partial charge in [0.15, 0.2) is 0 Å². The van der Waals surface area contributed by atoms with Gasteiger partial charge in [0.2, 0.25) is 0 Å². The molecule has 2 aromatic rings. The predicted octanol–water partition coefficient (Wildman–Crippen LogP) is 5.00. The first kappa shape index (κ1) is 16.5. The van der Waals surface area contributed by atoms with Crippen LogP contribution in [0.25, 0.3) is 0 Å². The Labute approximate surface area is 138 Å². The second-order valence-corrected chi connectivity index (χ2v) is 6.38. The maximum atomic E-state index is 13.9. The van der Waals surface area contributed by atoms with Crippen LogP contribution < -0.4 is 5.32 Å². The van der Waals surface area contributed by atoms with Gasteiger partial charge in [-0.2, -0.15) is 0 Å². The van der Waals surface area contributed by atoms with Gasteiger partial charge in [0.05, 0.1) is 0 Å². The number of likely N-dealkylation sites (N-methyl/N-ethyl adjacent to an activating group) is 1. The molecule has 0 fully saturated rings. The Morgan fingerprint density at radius 3 is 2.67 bits per heavy atom. The van der Waals surface area contributed by atoms with Crippen LogP contribution in [0.2, 0.25) is 5.02 Å². The molecule has 0 saturated heterocycles. The van der Waals surface area contributed by atoms with Crippen molar-refractivity contribution in [2.24, 2.45) is 0 Å². The highest BCUT2D eigenvalue weighted by Crippen LogP contribution is 2.18. The van der Waals surface area contributed by atoms with Crippen molar-refractivity contribution < 1.29 is 4.39 Å². The molecule has 1 nitrogen and oxygen atoms in total. The summed E-state index contributed by atoms with van der Waals surface area (Å²) in [6, 6.07) is 13.3. The number of halogens is 3. The molecule has 4 heteroatoms. The van der Waals surface area contributed by atoms with E-state index >= 15 is 0 Å². The van der Waals surface area contributed by atoms with Crippen LogP contribution >= 0.6 is 27.5 Å². The van der Waals surface area contributed by atoms with Crippen molar-refractivity contribution >= 4 is 27.5 Å². The Kier molecular flexibility index (Phi) is 6.22. The van der Waals surface area contributed by atoms with Gasteiger partial charge in [-0.25, -0.2) is 4.39 Å². The topological polar surface area (TPSA) is 12.0 Å². The van der Waals surface area contributed by atoms with Crippen molar-refractivity contribution in [1.29, 1.82) is 0 Å². The molecular weight excluding hydrogens is 353 g/mol. The third kappa shape index (κ3) is 5.10. The molecule has 1 unspecified atom stereocenters. The Morgan fingerprint density at radius 1 is 1.19 bits per heavy atom. The average Bonchev–Trinajstić information content (AvgIpc) is 2.42. The van der Waals surface area contributed by atoms with Gasteiger partial charge in [0.1, 0.15) is 5.82 Å². The molecule has 0 bridgehead atoms. The van der Waals surface area contributed by atoms with Gasteiger partial charge in [-0.15, -0.1) is 0 Å². The lowest BCUT2D eigenvalue weighted by molar-refractivity contribution is 0.506. The molecule has 1 N–H and O–H groups in total. The summed E-state index contributed by atoms with van der Waals surface area (Å²) in [6.07, 6.45) is 1.50. The Balaban J connectivity index is 2.11. The Morgan fingerprint density at radius 2 is 2.00 bits per heavy atom. The van der Waals surface area contributed by atoms with Gasteiger partial charge in [-0.1, -0.05) is 52.7 Å². The van der Waals surface area contributed by atoms with Gasteiger partial charge in [0.25, 0.3) is 0 Å². The molecule has 0 spiro atoms. The zero-order chi connectivity index (χ0) is 15.2. The highest BCUT2D eigenvalue weighted by Gasteiger charge is 2.13. The lowest BCUT2D eigenvalue weighted by atomic mass is 9.98. The number of nitrogens with one attached hydrogen (secondary N) is 1. The molecule has 0 aliphatic rings. The van der Waals surface area contributed by atoms with E-state index in [1.807, 2.05) is 12.1 Å². The fourth-order valence-electron chi connectivity index (χ4n) is 2.41. The quantitative estimate of drug-likeness (QED) is 0.754. The van der Waals surface area contributed by atoms with Crippen molar-refractivity contribution in [3.8, 4) is 0 Å². The molecule has 1 atom stereocenters. The van der Waals surface area contributed by atoms with E-state index < -0.39 is 0 Å². The van der Waals surface area contributed by atoms with Crippen LogP contribution in [0.1, 0.15) is 18.1 Å². The summed E-state index contributed by atoms with van der Waals surface area (Å²) in [7, 11) is 0. The molecule has 2 rings (SSSR count). The zero-order valence-electron chi connectivity index (χ0n) is 11.9. The lowest BCUT2D eigenvalue weighted by Crippen LogP contribution is -2.33. The van der Waals surface area contributed by atoms with Crippen LogP contribution in [0.15, 0.2) is 46.9 Å². The van der Waals surface area contributed by atoms with E-state index in [1.54, 1.807) is 12.1 Å². The van der Waals surface area contributed by atoms with Gasteiger partial charge in [-0.3, -0.25) is 0 Å². The standard InChI is InChI=1S/C17H18BrClFN/c1-2-21-16(9-12-4-3-5-14(18)8-12)10-13-6-7-15(19)11-17(13)20/h3-8,11,16,21H,2,9-10H2,1H3. The van der Waals surface area contributed by atoms with Gasteiger partial charge in [-0.05, 0) is 54.8 Å². The molecule has 0 aromatic heterocycles. The summed E-state index contributed by atoms with van der Waals surface area (Å²) < 4.78 is 15.0. The van der Waals surface area contributed by atoms with E-state index in [0.29, 0.717) is 17.0 Å². The van der Waals surface area contributed by atoms with Crippen molar-refractivity contribution in [2.45, 2.75) is 25.8 Å². The van der Waals surface area contributed by atoms with Crippen LogP contribution in [-0.4, -0.2) is 12.6 Å². The summed E-state index contributed by atoms with van der Waals surface area (Å²) in [5.41, 5.74) is 1.92. The molecule has 112 valence electrons. The number of benzene rings is 2. The second-order valence-electron chi connectivity index (χ2n) is 5.03. The molecule has 21 heavy (non-hydrogen) atoms. The molecule has 0 amide bonds. The summed E-state index contributed by atoms with van der Waals surface area (Å²) in [5, 5.41) is 3.86. The third-order valence-electron chi connectivity index (χ3n) is 3.35. The third-order valence-corrected chi connectivity index (χ3v) is 4.07. The first-order valence-electron chi connectivity index (χ1n) is 7.00. The second kappa shape index (κ2) is 7.92. The highest BCUT2D eigenvalue weighted by atomic mass is 79.9. The number of hydrogen-bond acceptors (Lipinski definition) is 1. The van der Waals surface area contributed by atoms with Gasteiger partial charge >= 0.3 is 0 Å². The summed E-state index contributed by atoms with van der Waals surface area (Å²) >= 11 is 9.28. The van der Waals surface area contributed by atoms with E-state index in [1.165, 1.54) is 11.6 Å². The van der Waals surface area contributed by atoms with Crippen molar-refractivity contribution in [3.63, 3.8) is 0 Å². The SMILES string of the molecule is CCNC(Cc1cccc(Br)c1)Cc1ccc(Cl)cc1F. The minimum atomic E-state index is -0.236. The molecule has 0 radical (unpaired) electrons. The minimum absolute atomic E-state index is 0.194. The van der Waals surface area contributed by atoms with Crippen molar-refractivity contribution in [3.05, 3.63) is 68.9 Å². The van der Waals surface area contributed by atoms with Crippen molar-refractivity contribution in [2.75, 3.05) is 6.54 Å². The summed E-state index contributed by atoms with van der Waals surface area (Å²) in [4.78, 5) is 0. The van der Waals surface area contributed by atoms with Crippen LogP contribution in [-0.2, 0) is 12.8 Å². The predicted molar refractivity (Wildman–Crippen MR) is 90.4 cm³/mol. The van der Waals surface area contributed by atoms with Gasteiger partial charge in [0, 0.05) is 15.5 Å². The molecular formula is C17H18BrClFN. The largest absolute Gasteiger partial charge is 0.314 e. The van der Waals surface area contributed by atoms with Crippen LogP contribution in [0.4, 0.5) is 4.39 Å². The number of hydrogen-bond donors (Lipinski definition) is 1. The lowest BCUT2D eigenvalue weighted by Gasteiger charge is -2.19. The maximum absolute atomic E-state index is 13.9. The average molecular weight is 371 g/mol. The Bertz CT molecular complexity index is 603. The fraction of sp³-hybridized carbons (Fsp3) is 0.294. The van der Waals surface area contributed by atoms with Crippen molar-refractivity contribution in [1.82, 2.24) is 5.32 Å². The summed E-state index contributed by atoms with van der Waals surface area (Å²) in [5.74, 6) is -0.236. The number of rotatable bonds is 6. The van der Waals surface area contributed by atoms with E-state index in [4.69, 9.17) is 11.6 Å². The maximum Gasteiger partial charge on any atom is 0.127 e. The molecule has 0 heterocycles. The summed E-state index contributed by atoms with van der Waals surface area (Å²) in [6.45, 7) is 2.92. The first-order valence-corrected chi connectivity index (χ1v) is 8.17. The fourth-order valence-corrected chi connectivity index (χ4v) is 3.01. The van der Waals surface area contributed by atoms with Crippen LogP contribution in [0.5, 0.6) is 0 Å². The van der Waals surface area contributed by atoms with E-state index in [-0.39, 0.29) is 11.9 Å². The van der Waals surface area contributed by atoms with E-state index in [0.717, 1.165) is 17.4 Å². The van der Waals surface area contributed by atoms with Crippen LogP contribution in [0.3, 0.4) is 0 Å². The molecule has 0 saturated carbocycles. The zero-order valence-corrected chi connectivity index (χ0v) is 14.2. The monoisotopic (exact) mass is 369 g/mol. The van der Waals surface area contributed by atoms with Crippen LogP contribution in [0, 0.1) is 5.82 Å². The smallest absolute Gasteiger partial charge is 0.127 e. The molecule has 2 aromatic carbocycles. The normalized spacial score (nSPS) is 12.4. The van der Waals surface area contributed by atoms with E-state index in [2.05, 4.69) is 40.3 Å². The molecule has 0 aliphatic heterocycles. The van der Waals surface area contributed by atoms with E-state index in [9.17, 15) is 4.39 Å².